The van der Waals surface area contributed by atoms with Crippen molar-refractivity contribution in [3.05, 3.63) is 35.1 Å². The van der Waals surface area contributed by atoms with Gasteiger partial charge in [-0.2, -0.15) is 0 Å². The van der Waals surface area contributed by atoms with Crippen molar-refractivity contribution in [2.45, 2.75) is 88.1 Å². The first kappa shape index (κ1) is 29.8. The van der Waals surface area contributed by atoms with Crippen molar-refractivity contribution >= 4 is 23.8 Å². The van der Waals surface area contributed by atoms with Crippen LogP contribution in [0, 0.1) is 5.92 Å². The van der Waals surface area contributed by atoms with Gasteiger partial charge in [-0.05, 0) is 50.8 Å². The van der Waals surface area contributed by atoms with Crippen molar-refractivity contribution in [2.75, 3.05) is 20.2 Å². The van der Waals surface area contributed by atoms with Crippen molar-refractivity contribution in [1.29, 1.82) is 0 Å². The third kappa shape index (κ3) is 4.90. The monoisotopic (exact) mass is 586 g/mol. The second-order valence-electron chi connectivity index (χ2n) is 11.5. The Bertz CT molecular complexity index is 1310. The number of carbonyl (C=O) groups is 4. The molecule has 4 N–H and O–H groups in total. The van der Waals surface area contributed by atoms with Crippen LogP contribution >= 0.6 is 0 Å². The van der Waals surface area contributed by atoms with Crippen molar-refractivity contribution < 1.29 is 48.3 Å². The largest absolute Gasteiger partial charge is 0.493 e. The van der Waals surface area contributed by atoms with E-state index in [1.807, 2.05) is 12.1 Å². The van der Waals surface area contributed by atoms with Crippen LogP contribution in [0.1, 0.15) is 63.5 Å². The van der Waals surface area contributed by atoms with Crippen LogP contribution in [0.2, 0.25) is 0 Å². The Morgan fingerprint density at radius 1 is 1.05 bits per heavy atom. The molecule has 5 rings (SSSR count). The molecule has 3 aliphatic carbocycles. The lowest BCUT2D eigenvalue weighted by Crippen LogP contribution is -2.69. The number of nitrogens with one attached hydrogen (secondary N) is 2. The minimum Gasteiger partial charge on any atom is -0.493 e. The third-order valence-electron chi connectivity index (χ3n) is 8.97. The Balaban J connectivity index is 1.45. The molecular formula is C30H38N2O10. The second-order valence-corrected chi connectivity index (χ2v) is 11.5. The van der Waals surface area contributed by atoms with Crippen molar-refractivity contribution in [1.82, 2.24) is 10.6 Å². The van der Waals surface area contributed by atoms with Gasteiger partial charge in [-0.15, -0.1) is 0 Å². The van der Waals surface area contributed by atoms with E-state index in [4.69, 9.17) is 18.9 Å². The highest BCUT2D eigenvalue weighted by molar-refractivity contribution is 5.81. The number of esters is 2. The van der Waals surface area contributed by atoms with Gasteiger partial charge in [0.25, 0.3) is 0 Å². The van der Waals surface area contributed by atoms with E-state index in [-0.39, 0.29) is 31.8 Å². The molecule has 6 atom stereocenters. The first-order valence-electron chi connectivity index (χ1n) is 14.4. The Labute approximate surface area is 243 Å². The summed E-state index contributed by atoms with van der Waals surface area (Å²) in [4.78, 5) is 49.6. The van der Waals surface area contributed by atoms with Gasteiger partial charge in [0.15, 0.2) is 17.6 Å². The number of carbonyl (C=O) groups excluding carboxylic acids is 4. The number of benzene rings is 1. The van der Waals surface area contributed by atoms with Crippen LogP contribution in [-0.2, 0) is 40.5 Å². The predicted molar refractivity (Wildman–Crippen MR) is 146 cm³/mol. The third-order valence-corrected chi connectivity index (χ3v) is 8.97. The van der Waals surface area contributed by atoms with Crippen LogP contribution < -0.4 is 20.1 Å². The fraction of sp³-hybridized carbons (Fsp3) is 0.600. The number of methoxy groups -OCH3 is 1. The Kier molecular flexibility index (Phi) is 8.21. The summed E-state index contributed by atoms with van der Waals surface area (Å²) in [7, 11) is 1.56. The van der Waals surface area contributed by atoms with Crippen molar-refractivity contribution in [3.8, 4) is 11.5 Å². The van der Waals surface area contributed by atoms with E-state index in [1.165, 1.54) is 13.8 Å². The summed E-state index contributed by atoms with van der Waals surface area (Å²) in [5.74, 6) is -0.798. The van der Waals surface area contributed by atoms with Gasteiger partial charge in [-0.25, -0.2) is 0 Å². The van der Waals surface area contributed by atoms with Gasteiger partial charge >= 0.3 is 11.9 Å². The number of hydrogen-bond acceptors (Lipinski definition) is 10. The maximum absolute atomic E-state index is 13.3. The summed E-state index contributed by atoms with van der Waals surface area (Å²) >= 11 is 0. The van der Waals surface area contributed by atoms with Crippen LogP contribution in [0.15, 0.2) is 24.0 Å². The van der Waals surface area contributed by atoms with E-state index < -0.39 is 53.1 Å². The van der Waals surface area contributed by atoms with Crippen molar-refractivity contribution in [3.63, 3.8) is 0 Å². The van der Waals surface area contributed by atoms with E-state index >= 15 is 0 Å². The number of aliphatic hydroxyl groups excluding tert-OH is 2. The summed E-state index contributed by atoms with van der Waals surface area (Å²) in [5, 5.41) is 23.8. The lowest BCUT2D eigenvalue weighted by atomic mass is 9.46. The van der Waals surface area contributed by atoms with E-state index in [9.17, 15) is 29.4 Å². The van der Waals surface area contributed by atoms with Gasteiger partial charge in [0.1, 0.15) is 23.6 Å². The molecule has 228 valence electrons. The molecule has 0 saturated heterocycles. The number of ether oxygens (including phenoxy) is 4. The van der Waals surface area contributed by atoms with E-state index in [2.05, 4.69) is 10.6 Å². The van der Waals surface area contributed by atoms with Gasteiger partial charge < -0.3 is 39.8 Å². The zero-order valence-electron chi connectivity index (χ0n) is 24.1. The average molecular weight is 587 g/mol. The van der Waals surface area contributed by atoms with Crippen LogP contribution in [0.3, 0.4) is 0 Å². The zero-order valence-corrected chi connectivity index (χ0v) is 24.1. The molecular weight excluding hydrogens is 548 g/mol. The Morgan fingerprint density at radius 2 is 1.71 bits per heavy atom. The molecule has 0 unspecified atom stereocenters. The van der Waals surface area contributed by atoms with E-state index in [0.29, 0.717) is 36.5 Å². The summed E-state index contributed by atoms with van der Waals surface area (Å²) in [6.07, 6.45) is 1.77. The molecule has 12 heteroatoms. The van der Waals surface area contributed by atoms with Crippen LogP contribution in [-0.4, -0.2) is 78.1 Å². The highest BCUT2D eigenvalue weighted by atomic mass is 16.6. The number of hydrogen-bond donors (Lipinski definition) is 4. The quantitative estimate of drug-likeness (QED) is 0.274. The van der Waals surface area contributed by atoms with Crippen LogP contribution in [0.4, 0.5) is 0 Å². The summed E-state index contributed by atoms with van der Waals surface area (Å²) in [6, 6.07) is 3.89. The molecule has 2 amide bonds. The zero-order chi connectivity index (χ0) is 30.2. The minimum absolute atomic E-state index is 0.0000675. The molecule has 4 aliphatic rings. The van der Waals surface area contributed by atoms with Crippen LogP contribution in [0.5, 0.6) is 11.5 Å². The molecule has 1 aromatic rings. The maximum Gasteiger partial charge on any atom is 0.312 e. The molecule has 1 aromatic carbocycles. The minimum atomic E-state index is -1.19. The summed E-state index contributed by atoms with van der Waals surface area (Å²) in [6.45, 7) is 2.71. The lowest BCUT2D eigenvalue weighted by molar-refractivity contribution is -0.200. The smallest absolute Gasteiger partial charge is 0.312 e. The summed E-state index contributed by atoms with van der Waals surface area (Å²) < 4.78 is 24.5. The standard InChI is InChI=1S/C30H38N2O10/c1-16(33)27(37)31-13-9-22(35)40-21-8-12-30(42-23(36)10-14-32-28(38)17(2)34)19-5-4-11-29(30)24-18(15-19)6-7-20(39-3)25(24)41-26(21)29/h6-8,16-17,19,26,33-34H,4-5,9-15H2,1-3H3,(H,31,37)(H,32,38)/t16-,17-,19+,26-,29-,30+/m0/s1. The number of amides is 2. The molecule has 1 aliphatic heterocycles. The number of rotatable bonds is 11. The Hall–Kier alpha value is -3.64. The fourth-order valence-corrected chi connectivity index (χ4v) is 7.18. The molecule has 1 saturated carbocycles. The fourth-order valence-electron chi connectivity index (χ4n) is 7.18. The van der Waals surface area contributed by atoms with Crippen LogP contribution in [0.25, 0.3) is 0 Å². The molecule has 12 nitrogen and oxygen atoms in total. The maximum atomic E-state index is 13.3. The highest BCUT2D eigenvalue weighted by Crippen LogP contribution is 2.68. The number of aliphatic hydroxyl groups is 2. The second kappa shape index (κ2) is 11.6. The predicted octanol–water partition coefficient (Wildman–Crippen LogP) is 0.937. The van der Waals surface area contributed by atoms with Gasteiger partial charge in [-0.3, -0.25) is 19.2 Å². The van der Waals surface area contributed by atoms with Crippen molar-refractivity contribution in [2.24, 2.45) is 5.92 Å². The lowest BCUT2D eigenvalue weighted by Gasteiger charge is -2.60. The highest BCUT2D eigenvalue weighted by Gasteiger charge is 2.73. The first-order chi connectivity index (χ1) is 20.0. The van der Waals surface area contributed by atoms with Gasteiger partial charge in [0.2, 0.25) is 11.8 Å². The molecule has 0 radical (unpaired) electrons. The normalized spacial score (nSPS) is 27.8. The molecule has 1 spiro atoms. The summed E-state index contributed by atoms with van der Waals surface area (Å²) in [5.41, 5.74) is 0.218. The Morgan fingerprint density at radius 3 is 2.36 bits per heavy atom. The molecule has 1 fully saturated rings. The average Bonchev–Trinajstić information content (AvgIpc) is 3.29. The van der Waals surface area contributed by atoms with E-state index in [1.54, 1.807) is 13.2 Å². The van der Waals surface area contributed by atoms with Gasteiger partial charge in [0.05, 0.1) is 25.4 Å². The topological polar surface area (TPSA) is 170 Å². The van der Waals surface area contributed by atoms with Gasteiger partial charge in [-0.1, -0.05) is 12.5 Å². The molecule has 42 heavy (non-hydrogen) atoms. The van der Waals surface area contributed by atoms with Gasteiger partial charge in [0, 0.05) is 31.0 Å². The molecule has 2 bridgehead atoms. The molecule has 1 heterocycles. The SMILES string of the molecule is COc1ccc2c3c1O[C@H]1C(OC(=O)CCNC(=O)[C@H](C)O)=CC[C@@]4(OC(=O)CCNC(=O)[C@H](C)O)[C@H](CCC[C@]314)C2. The van der Waals surface area contributed by atoms with E-state index in [0.717, 1.165) is 24.0 Å². The first-order valence-corrected chi connectivity index (χ1v) is 14.4. The molecule has 0 aromatic heterocycles.